The van der Waals surface area contributed by atoms with Crippen LogP contribution in [0.3, 0.4) is 0 Å². The molecule has 2 rings (SSSR count). The Labute approximate surface area is 104 Å². The third-order valence-electron chi connectivity index (χ3n) is 2.48. The highest BCUT2D eigenvalue weighted by molar-refractivity contribution is 7.89. The van der Waals surface area contributed by atoms with Crippen LogP contribution in [0.25, 0.3) is 11.0 Å². The maximum absolute atomic E-state index is 12.0. The molecule has 1 heterocycles. The molecule has 0 aliphatic heterocycles. The van der Waals surface area contributed by atoms with Crippen molar-refractivity contribution in [1.82, 2.24) is 14.7 Å². The number of imidazole rings is 1. The van der Waals surface area contributed by atoms with Crippen molar-refractivity contribution in [3.05, 3.63) is 28.7 Å². The van der Waals surface area contributed by atoms with Gasteiger partial charge in [-0.15, -0.1) is 0 Å². The van der Waals surface area contributed by atoms with Crippen LogP contribution in [-0.4, -0.2) is 24.9 Å². The number of hydrogen-bond acceptors (Lipinski definition) is 3. The number of aromatic nitrogens is 2. The van der Waals surface area contributed by atoms with E-state index in [0.717, 1.165) is 0 Å². The molecule has 18 heavy (non-hydrogen) atoms. The van der Waals surface area contributed by atoms with Gasteiger partial charge >= 0.3 is 5.69 Å². The van der Waals surface area contributed by atoms with Gasteiger partial charge in [0.15, 0.2) is 0 Å². The van der Waals surface area contributed by atoms with Gasteiger partial charge in [-0.25, -0.2) is 17.9 Å². The van der Waals surface area contributed by atoms with Crippen LogP contribution in [0.5, 0.6) is 0 Å². The molecular formula is C11H15N3O3S. The number of nitrogens with one attached hydrogen (secondary N) is 3. The lowest BCUT2D eigenvalue weighted by atomic mass is 10.2. The summed E-state index contributed by atoms with van der Waals surface area (Å²) in [7, 11) is -3.52. The average Bonchev–Trinajstić information content (AvgIpc) is 2.65. The minimum atomic E-state index is -3.52. The Hall–Kier alpha value is -1.60. The van der Waals surface area contributed by atoms with Crippen LogP contribution in [-0.2, 0) is 10.0 Å². The van der Waals surface area contributed by atoms with Crippen molar-refractivity contribution in [2.45, 2.75) is 18.7 Å². The summed E-state index contributed by atoms with van der Waals surface area (Å²) in [5.41, 5.74) is 0.713. The first kappa shape index (κ1) is 12.8. The number of H-pyrrole nitrogens is 2. The molecule has 7 heteroatoms. The number of rotatable bonds is 4. The van der Waals surface area contributed by atoms with Gasteiger partial charge in [-0.1, -0.05) is 13.8 Å². The van der Waals surface area contributed by atoms with E-state index in [1.165, 1.54) is 12.1 Å². The zero-order valence-electron chi connectivity index (χ0n) is 10.1. The van der Waals surface area contributed by atoms with Crippen molar-refractivity contribution in [2.24, 2.45) is 5.92 Å². The third kappa shape index (κ3) is 2.62. The van der Waals surface area contributed by atoms with Gasteiger partial charge in [-0.05, 0) is 24.1 Å². The maximum Gasteiger partial charge on any atom is 0.323 e. The highest BCUT2D eigenvalue weighted by Gasteiger charge is 2.15. The summed E-state index contributed by atoms with van der Waals surface area (Å²) in [6, 6.07) is 4.47. The summed E-state index contributed by atoms with van der Waals surface area (Å²) in [5.74, 6) is 0.232. The van der Waals surface area contributed by atoms with Gasteiger partial charge in [0.05, 0.1) is 15.9 Å². The molecule has 0 amide bonds. The number of fused-ring (bicyclic) bond motifs is 1. The SMILES string of the molecule is CC(C)CNS(=O)(=O)c1ccc2[nH]c(=O)[nH]c2c1. The van der Waals surface area contributed by atoms with Crippen LogP contribution in [0.15, 0.2) is 27.9 Å². The second-order valence-corrected chi connectivity index (χ2v) is 6.30. The molecule has 0 spiro atoms. The highest BCUT2D eigenvalue weighted by atomic mass is 32.2. The van der Waals surface area contributed by atoms with Crippen LogP contribution < -0.4 is 10.4 Å². The van der Waals surface area contributed by atoms with Crippen molar-refractivity contribution in [3.8, 4) is 0 Å². The van der Waals surface area contributed by atoms with E-state index in [1.807, 2.05) is 13.8 Å². The molecule has 3 N–H and O–H groups in total. The molecule has 0 radical (unpaired) electrons. The van der Waals surface area contributed by atoms with Gasteiger partial charge in [0.1, 0.15) is 0 Å². The first-order valence-electron chi connectivity index (χ1n) is 5.60. The largest absolute Gasteiger partial charge is 0.323 e. The van der Waals surface area contributed by atoms with E-state index in [0.29, 0.717) is 17.6 Å². The summed E-state index contributed by atoms with van der Waals surface area (Å²) in [6.45, 7) is 4.23. The Balaban J connectivity index is 2.38. The van der Waals surface area contributed by atoms with E-state index < -0.39 is 10.0 Å². The van der Waals surface area contributed by atoms with Crippen LogP contribution in [0.2, 0.25) is 0 Å². The summed E-state index contributed by atoms with van der Waals surface area (Å²) in [6.07, 6.45) is 0. The topological polar surface area (TPSA) is 94.8 Å². The van der Waals surface area contributed by atoms with Crippen molar-refractivity contribution < 1.29 is 8.42 Å². The Bertz CT molecular complexity index is 712. The van der Waals surface area contributed by atoms with Gasteiger partial charge in [0.25, 0.3) is 0 Å². The van der Waals surface area contributed by atoms with Crippen LogP contribution in [0.1, 0.15) is 13.8 Å². The monoisotopic (exact) mass is 269 g/mol. The molecular weight excluding hydrogens is 254 g/mol. The van der Waals surface area contributed by atoms with E-state index in [9.17, 15) is 13.2 Å². The van der Waals surface area contributed by atoms with Gasteiger partial charge in [-0.3, -0.25) is 0 Å². The lowest BCUT2D eigenvalue weighted by Crippen LogP contribution is -2.27. The second kappa shape index (κ2) is 4.58. The molecule has 0 aliphatic rings. The lowest BCUT2D eigenvalue weighted by molar-refractivity contribution is 0.560. The Morgan fingerprint density at radius 2 is 1.89 bits per heavy atom. The minimum absolute atomic E-state index is 0.144. The third-order valence-corrected chi connectivity index (χ3v) is 3.90. The molecule has 0 unspecified atom stereocenters. The predicted octanol–water partition coefficient (Wildman–Crippen LogP) is 0.791. The summed E-state index contributed by atoms with van der Waals surface area (Å²) in [5, 5.41) is 0. The zero-order chi connectivity index (χ0) is 13.3. The number of hydrogen-bond donors (Lipinski definition) is 3. The smallest absolute Gasteiger partial charge is 0.306 e. The molecule has 0 bridgehead atoms. The number of aromatic amines is 2. The van der Waals surface area contributed by atoms with E-state index in [1.54, 1.807) is 6.07 Å². The van der Waals surface area contributed by atoms with Crippen LogP contribution >= 0.6 is 0 Å². The molecule has 1 aromatic heterocycles. The average molecular weight is 269 g/mol. The normalized spacial score (nSPS) is 12.4. The van der Waals surface area contributed by atoms with Gasteiger partial charge < -0.3 is 9.97 Å². The maximum atomic E-state index is 12.0. The first-order chi connectivity index (χ1) is 8.38. The Morgan fingerprint density at radius 1 is 1.22 bits per heavy atom. The molecule has 98 valence electrons. The van der Waals surface area contributed by atoms with Crippen molar-refractivity contribution in [2.75, 3.05) is 6.54 Å². The quantitative estimate of drug-likeness (QED) is 0.765. The molecule has 0 fully saturated rings. The van der Waals surface area contributed by atoms with Gasteiger partial charge in [-0.2, -0.15) is 0 Å². The van der Waals surface area contributed by atoms with Crippen molar-refractivity contribution in [1.29, 1.82) is 0 Å². The fourth-order valence-electron chi connectivity index (χ4n) is 1.54. The molecule has 1 aromatic carbocycles. The number of benzene rings is 1. The van der Waals surface area contributed by atoms with E-state index in [4.69, 9.17) is 0 Å². The fraction of sp³-hybridized carbons (Fsp3) is 0.364. The fourth-order valence-corrected chi connectivity index (χ4v) is 2.78. The van der Waals surface area contributed by atoms with Crippen LogP contribution in [0.4, 0.5) is 0 Å². The lowest BCUT2D eigenvalue weighted by Gasteiger charge is -2.08. The Morgan fingerprint density at radius 3 is 2.56 bits per heavy atom. The minimum Gasteiger partial charge on any atom is -0.306 e. The molecule has 0 saturated heterocycles. The number of sulfonamides is 1. The predicted molar refractivity (Wildman–Crippen MR) is 68.9 cm³/mol. The summed E-state index contributed by atoms with van der Waals surface area (Å²) < 4.78 is 26.5. The van der Waals surface area contributed by atoms with Gasteiger partial charge in [0.2, 0.25) is 10.0 Å². The molecule has 0 saturated carbocycles. The van der Waals surface area contributed by atoms with Crippen molar-refractivity contribution >= 4 is 21.1 Å². The standard InChI is InChI=1S/C11H15N3O3S/c1-7(2)6-12-18(16,17)8-3-4-9-10(5-8)14-11(15)13-9/h3-5,7,12H,6H2,1-2H3,(H2,13,14,15). The van der Waals surface area contributed by atoms with E-state index in [2.05, 4.69) is 14.7 Å². The molecule has 2 aromatic rings. The zero-order valence-corrected chi connectivity index (χ0v) is 11.0. The van der Waals surface area contributed by atoms with E-state index >= 15 is 0 Å². The van der Waals surface area contributed by atoms with E-state index in [-0.39, 0.29) is 16.5 Å². The van der Waals surface area contributed by atoms with Gasteiger partial charge in [0, 0.05) is 6.54 Å². The molecule has 0 atom stereocenters. The van der Waals surface area contributed by atoms with Crippen molar-refractivity contribution in [3.63, 3.8) is 0 Å². The Kier molecular flexibility index (Phi) is 3.27. The first-order valence-corrected chi connectivity index (χ1v) is 7.08. The second-order valence-electron chi connectivity index (χ2n) is 4.53. The summed E-state index contributed by atoms with van der Waals surface area (Å²) in [4.78, 5) is 16.3. The highest BCUT2D eigenvalue weighted by Crippen LogP contribution is 2.14. The molecule has 6 nitrogen and oxygen atoms in total. The van der Waals surface area contributed by atoms with Crippen LogP contribution in [0, 0.1) is 5.92 Å². The summed E-state index contributed by atoms with van der Waals surface area (Å²) >= 11 is 0. The molecule has 0 aliphatic carbocycles.